The van der Waals surface area contributed by atoms with Gasteiger partial charge in [0.25, 0.3) is 0 Å². The lowest BCUT2D eigenvalue weighted by Crippen LogP contribution is -2.50. The van der Waals surface area contributed by atoms with Crippen LogP contribution in [0.3, 0.4) is 0 Å². The number of hydrogen-bond donors (Lipinski definition) is 1. The Balaban J connectivity index is 1.75. The number of rotatable bonds is 6. The maximum atomic E-state index is 12.5. The van der Waals surface area contributed by atoms with Gasteiger partial charge in [0.05, 0.1) is 16.1 Å². The van der Waals surface area contributed by atoms with Crippen molar-refractivity contribution in [1.29, 1.82) is 0 Å². The molecule has 4 nitrogen and oxygen atoms in total. The third kappa shape index (κ3) is 4.29. The molecule has 1 amide bonds. The fourth-order valence-corrected chi connectivity index (χ4v) is 4.08. The largest absolute Gasteiger partial charge is 0.356 e. The highest BCUT2D eigenvalue weighted by atomic mass is 32.1. The molecule has 1 atom stereocenters. The second kappa shape index (κ2) is 7.55. The Morgan fingerprint density at radius 1 is 1.45 bits per heavy atom. The first-order chi connectivity index (χ1) is 10.4. The first kappa shape index (κ1) is 17.4. The Labute approximate surface area is 138 Å². The predicted molar refractivity (Wildman–Crippen MR) is 92.4 cm³/mol. The molecule has 0 aliphatic carbocycles. The highest BCUT2D eigenvalue weighted by Crippen LogP contribution is 2.29. The van der Waals surface area contributed by atoms with Crippen molar-refractivity contribution in [1.82, 2.24) is 15.2 Å². The molecule has 22 heavy (non-hydrogen) atoms. The zero-order valence-corrected chi connectivity index (χ0v) is 15.2. The van der Waals surface area contributed by atoms with Gasteiger partial charge in [0.15, 0.2) is 0 Å². The normalized spacial score (nSPS) is 22.7. The molecule has 124 valence electrons. The van der Waals surface area contributed by atoms with E-state index in [4.69, 9.17) is 0 Å². The SMILES string of the molecule is CCN1CCCC(C)(C(=O)NCCCc2nc(C)c(C)s2)C1. The number of hydrogen-bond acceptors (Lipinski definition) is 4. The van der Waals surface area contributed by atoms with E-state index in [1.165, 1.54) is 9.88 Å². The van der Waals surface area contributed by atoms with Crippen LogP contribution in [0, 0.1) is 19.3 Å². The molecule has 0 saturated carbocycles. The number of aromatic nitrogens is 1. The van der Waals surface area contributed by atoms with Crippen LogP contribution in [-0.2, 0) is 11.2 Å². The van der Waals surface area contributed by atoms with E-state index in [-0.39, 0.29) is 11.3 Å². The van der Waals surface area contributed by atoms with E-state index in [9.17, 15) is 4.79 Å². The number of carbonyl (C=O) groups excluding carboxylic acids is 1. The molecule has 2 rings (SSSR count). The van der Waals surface area contributed by atoms with Gasteiger partial charge < -0.3 is 10.2 Å². The average molecular weight is 324 g/mol. The minimum atomic E-state index is -0.220. The molecule has 0 spiro atoms. The van der Waals surface area contributed by atoms with Crippen LogP contribution < -0.4 is 5.32 Å². The first-order valence-corrected chi connectivity index (χ1v) is 9.20. The molecule has 1 aromatic rings. The van der Waals surface area contributed by atoms with Crippen LogP contribution in [0.5, 0.6) is 0 Å². The van der Waals surface area contributed by atoms with E-state index in [2.05, 4.69) is 42.9 Å². The molecule has 0 bridgehead atoms. The Kier molecular flexibility index (Phi) is 5.98. The van der Waals surface area contributed by atoms with Crippen LogP contribution in [0.15, 0.2) is 0 Å². The third-order valence-electron chi connectivity index (χ3n) is 4.70. The second-order valence-electron chi connectivity index (χ2n) is 6.64. The summed E-state index contributed by atoms with van der Waals surface area (Å²) in [5.41, 5.74) is 0.918. The number of nitrogens with zero attached hydrogens (tertiary/aromatic N) is 2. The Bertz CT molecular complexity index is 495. The molecule has 0 aromatic carbocycles. The zero-order valence-electron chi connectivity index (χ0n) is 14.4. The van der Waals surface area contributed by atoms with Crippen molar-refractivity contribution in [3.8, 4) is 0 Å². The van der Waals surface area contributed by atoms with Crippen molar-refractivity contribution in [2.45, 2.75) is 53.4 Å². The van der Waals surface area contributed by atoms with Crippen molar-refractivity contribution in [3.05, 3.63) is 15.6 Å². The van der Waals surface area contributed by atoms with E-state index in [0.717, 1.165) is 57.6 Å². The second-order valence-corrected chi connectivity index (χ2v) is 7.93. The van der Waals surface area contributed by atoms with Crippen molar-refractivity contribution < 1.29 is 4.79 Å². The quantitative estimate of drug-likeness (QED) is 0.819. The van der Waals surface area contributed by atoms with Gasteiger partial charge in [0, 0.05) is 24.4 Å². The van der Waals surface area contributed by atoms with Gasteiger partial charge in [-0.1, -0.05) is 6.92 Å². The number of likely N-dealkylation sites (tertiary alicyclic amines) is 1. The van der Waals surface area contributed by atoms with Crippen LogP contribution in [0.2, 0.25) is 0 Å². The summed E-state index contributed by atoms with van der Waals surface area (Å²) in [5, 5.41) is 4.33. The number of carbonyl (C=O) groups is 1. The van der Waals surface area contributed by atoms with Crippen LogP contribution in [-0.4, -0.2) is 42.0 Å². The van der Waals surface area contributed by atoms with E-state index < -0.39 is 0 Å². The lowest BCUT2D eigenvalue weighted by Gasteiger charge is -2.38. The lowest BCUT2D eigenvalue weighted by atomic mass is 9.81. The fraction of sp³-hybridized carbons (Fsp3) is 0.765. The third-order valence-corrected chi connectivity index (χ3v) is 5.83. The Morgan fingerprint density at radius 2 is 2.23 bits per heavy atom. The minimum Gasteiger partial charge on any atom is -0.356 e. The molecule has 2 heterocycles. The number of aryl methyl sites for hydroxylation is 3. The number of nitrogens with one attached hydrogen (secondary N) is 1. The molecule has 1 aromatic heterocycles. The van der Waals surface area contributed by atoms with Gasteiger partial charge in [0.1, 0.15) is 0 Å². The molecular weight excluding hydrogens is 294 g/mol. The number of thiazole rings is 1. The van der Waals surface area contributed by atoms with Crippen molar-refractivity contribution in [2.24, 2.45) is 5.41 Å². The maximum absolute atomic E-state index is 12.5. The maximum Gasteiger partial charge on any atom is 0.227 e. The highest BCUT2D eigenvalue weighted by Gasteiger charge is 2.36. The molecular formula is C17H29N3OS. The Morgan fingerprint density at radius 3 is 2.86 bits per heavy atom. The van der Waals surface area contributed by atoms with Gasteiger partial charge in [-0.25, -0.2) is 4.98 Å². The van der Waals surface area contributed by atoms with Gasteiger partial charge in [-0.15, -0.1) is 11.3 Å². The standard InChI is InChI=1S/C17H29N3OS/c1-5-20-11-7-9-17(4,12-20)16(21)18-10-6-8-15-19-13(2)14(3)22-15/h5-12H2,1-4H3,(H,18,21). The molecule has 1 aliphatic heterocycles. The minimum absolute atomic E-state index is 0.220. The summed E-state index contributed by atoms with van der Waals surface area (Å²) in [5.74, 6) is 0.220. The molecule has 0 radical (unpaired) electrons. The molecule has 5 heteroatoms. The Hall–Kier alpha value is -0.940. The van der Waals surface area contributed by atoms with Crippen LogP contribution in [0.1, 0.15) is 48.7 Å². The van der Waals surface area contributed by atoms with Crippen LogP contribution in [0.25, 0.3) is 0 Å². The van der Waals surface area contributed by atoms with Crippen LogP contribution in [0.4, 0.5) is 0 Å². The number of amides is 1. The van der Waals surface area contributed by atoms with Gasteiger partial charge in [-0.05, 0) is 53.1 Å². The average Bonchev–Trinajstić information content (AvgIpc) is 2.82. The van der Waals surface area contributed by atoms with Crippen molar-refractivity contribution in [2.75, 3.05) is 26.2 Å². The highest BCUT2D eigenvalue weighted by molar-refractivity contribution is 7.11. The topological polar surface area (TPSA) is 45.2 Å². The van der Waals surface area contributed by atoms with E-state index >= 15 is 0 Å². The zero-order chi connectivity index (χ0) is 16.2. The summed E-state index contributed by atoms with van der Waals surface area (Å²) in [7, 11) is 0. The smallest absolute Gasteiger partial charge is 0.227 e. The molecule has 1 aliphatic rings. The van der Waals surface area contributed by atoms with Gasteiger partial charge >= 0.3 is 0 Å². The van der Waals surface area contributed by atoms with Crippen LogP contribution >= 0.6 is 11.3 Å². The van der Waals surface area contributed by atoms with Gasteiger partial charge in [-0.3, -0.25) is 4.79 Å². The monoisotopic (exact) mass is 323 g/mol. The van der Waals surface area contributed by atoms with E-state index in [1.807, 2.05) is 0 Å². The molecule has 1 fully saturated rings. The summed E-state index contributed by atoms with van der Waals surface area (Å²) in [6, 6.07) is 0. The summed E-state index contributed by atoms with van der Waals surface area (Å²) in [6.07, 6.45) is 4.04. The van der Waals surface area contributed by atoms with Gasteiger partial charge in [-0.2, -0.15) is 0 Å². The first-order valence-electron chi connectivity index (χ1n) is 8.38. The molecule has 1 N–H and O–H groups in total. The van der Waals surface area contributed by atoms with Gasteiger partial charge in [0.2, 0.25) is 5.91 Å². The lowest BCUT2D eigenvalue weighted by molar-refractivity contribution is -0.133. The van der Waals surface area contributed by atoms with Crippen molar-refractivity contribution in [3.63, 3.8) is 0 Å². The molecule has 1 saturated heterocycles. The summed E-state index contributed by atoms with van der Waals surface area (Å²) < 4.78 is 0. The molecule has 1 unspecified atom stereocenters. The number of piperidine rings is 1. The summed E-state index contributed by atoms with van der Waals surface area (Å²) in [4.78, 5) is 20.7. The van der Waals surface area contributed by atoms with E-state index in [0.29, 0.717) is 0 Å². The summed E-state index contributed by atoms with van der Waals surface area (Å²) >= 11 is 1.77. The van der Waals surface area contributed by atoms with Crippen molar-refractivity contribution >= 4 is 17.2 Å². The van der Waals surface area contributed by atoms with E-state index in [1.54, 1.807) is 11.3 Å². The summed E-state index contributed by atoms with van der Waals surface area (Å²) in [6.45, 7) is 12.2. The predicted octanol–water partition coefficient (Wildman–Crippen LogP) is 2.93. The fourth-order valence-electron chi connectivity index (χ4n) is 3.10.